The van der Waals surface area contributed by atoms with E-state index in [1.165, 1.54) is 29.1 Å². The van der Waals surface area contributed by atoms with Gasteiger partial charge in [-0.05, 0) is 0 Å². The van der Waals surface area contributed by atoms with Gasteiger partial charge in [-0.3, -0.25) is 0 Å². The van der Waals surface area contributed by atoms with Gasteiger partial charge in [-0.15, -0.1) is 0 Å². The Balaban J connectivity index is 4.10. The van der Waals surface area contributed by atoms with Crippen molar-refractivity contribution in [1.82, 2.24) is 0 Å². The third kappa shape index (κ3) is 9.66. The fraction of sp³-hybridized carbons (Fsp3) is 0. The number of nitrogens with two attached hydrogens (primary N) is 3. The van der Waals surface area contributed by atoms with Crippen molar-refractivity contribution in [1.29, 1.82) is 0 Å². The van der Waals surface area contributed by atoms with E-state index < -0.39 is 12.5 Å². The van der Waals surface area contributed by atoms with Gasteiger partial charge in [-0.2, -0.15) is 0 Å². The molecule has 0 aromatic rings. The number of hydrogen-bond acceptors (Lipinski definition) is 6. The first-order chi connectivity index (χ1) is 5.91. The fourth-order valence-corrected chi connectivity index (χ4v) is 27.7. The first-order valence-corrected chi connectivity index (χ1v) is 15.6. The van der Waals surface area contributed by atoms with Gasteiger partial charge in [0.05, 0.1) is 0 Å². The Labute approximate surface area is 107 Å². The van der Waals surface area contributed by atoms with Crippen molar-refractivity contribution in [3.8, 4) is 0 Å². The summed E-state index contributed by atoms with van der Waals surface area (Å²) in [6, 6.07) is 0. The molecular formula is C3H6GaN3S6. The molecule has 0 radical (unpaired) electrons. The van der Waals surface area contributed by atoms with Crippen LogP contribution in [0.2, 0.25) is 0 Å². The standard InChI is InChI=1S/3CH3NS2.Ga/c3*2-1(3)4;/h3*(H3,2,3,4);/q;;;+3/p-3. The molecule has 0 atom stereocenters. The molecule has 0 aliphatic rings. The van der Waals surface area contributed by atoms with E-state index in [2.05, 4.69) is 0 Å². The molecule has 0 rings (SSSR count). The van der Waals surface area contributed by atoms with Gasteiger partial charge in [0.1, 0.15) is 0 Å². The van der Waals surface area contributed by atoms with Crippen molar-refractivity contribution in [3.63, 3.8) is 0 Å². The van der Waals surface area contributed by atoms with Crippen LogP contribution in [0.1, 0.15) is 0 Å². The number of thiocarbonyl (C=S) groups is 3. The van der Waals surface area contributed by atoms with Gasteiger partial charge in [0, 0.05) is 0 Å². The Hall–Kier alpha value is 1.36. The van der Waals surface area contributed by atoms with Crippen LogP contribution in [0.3, 0.4) is 0 Å². The van der Waals surface area contributed by atoms with Crippen LogP contribution < -0.4 is 17.2 Å². The van der Waals surface area contributed by atoms with Crippen LogP contribution >= 0.6 is 65.7 Å². The number of hydrogen-bond donors (Lipinski definition) is 3. The van der Waals surface area contributed by atoms with E-state index in [0.29, 0.717) is 13.0 Å². The summed E-state index contributed by atoms with van der Waals surface area (Å²) in [6.07, 6.45) is 0. The summed E-state index contributed by atoms with van der Waals surface area (Å²) in [6.45, 7) is 0. The Morgan fingerprint density at radius 1 is 0.769 bits per heavy atom. The Bertz CT molecular complexity index is 193. The van der Waals surface area contributed by atoms with Crippen LogP contribution in [-0.2, 0) is 0 Å². The Kier molecular flexibility index (Phi) is 8.42. The van der Waals surface area contributed by atoms with Crippen molar-refractivity contribution in [3.05, 3.63) is 0 Å². The Morgan fingerprint density at radius 2 is 1.00 bits per heavy atom. The van der Waals surface area contributed by atoms with Crippen LogP contribution in [0.25, 0.3) is 0 Å². The molecular weight excluding hydrogens is 340 g/mol. The van der Waals surface area contributed by atoms with Crippen LogP contribution in [0.15, 0.2) is 0 Å². The quantitative estimate of drug-likeness (QED) is 0.510. The second-order valence-electron chi connectivity index (χ2n) is 1.60. The van der Waals surface area contributed by atoms with Crippen molar-refractivity contribution in [2.45, 2.75) is 0 Å². The first-order valence-electron chi connectivity index (χ1n) is 2.80. The van der Waals surface area contributed by atoms with Crippen LogP contribution in [0, 0.1) is 0 Å². The average Bonchev–Trinajstić information content (AvgIpc) is 1.80. The van der Waals surface area contributed by atoms with E-state index >= 15 is 0 Å². The molecule has 6 N–H and O–H groups in total. The zero-order valence-electron chi connectivity index (χ0n) is 6.26. The van der Waals surface area contributed by atoms with Crippen LogP contribution in [0.4, 0.5) is 0 Å². The monoisotopic (exact) mass is 345 g/mol. The zero-order chi connectivity index (χ0) is 10.4. The van der Waals surface area contributed by atoms with Crippen molar-refractivity contribution >= 4 is 91.2 Å². The molecule has 0 spiro atoms. The van der Waals surface area contributed by atoms with Crippen LogP contribution in [0.5, 0.6) is 0 Å². The summed E-state index contributed by atoms with van der Waals surface area (Å²) >= 11 is 12.4. The third-order valence-corrected chi connectivity index (χ3v) is 23.4. The molecule has 0 aliphatic heterocycles. The van der Waals surface area contributed by atoms with Gasteiger partial charge < -0.3 is 0 Å². The predicted molar refractivity (Wildman–Crippen MR) is 78.9 cm³/mol. The van der Waals surface area contributed by atoms with Gasteiger partial charge in [-0.1, -0.05) is 0 Å². The Morgan fingerprint density at radius 3 is 1.15 bits per heavy atom. The molecule has 72 valence electrons. The molecule has 0 aromatic heterocycles. The summed E-state index contributed by atoms with van der Waals surface area (Å²) < 4.78 is 1.20. The molecule has 0 saturated heterocycles. The van der Waals surface area contributed by atoms with Gasteiger partial charge >= 0.3 is 108 Å². The van der Waals surface area contributed by atoms with E-state index in [0.717, 1.165) is 0 Å². The van der Waals surface area contributed by atoms with Crippen LogP contribution in [-0.4, -0.2) is 25.5 Å². The molecule has 10 heteroatoms. The molecule has 0 bridgehead atoms. The summed E-state index contributed by atoms with van der Waals surface area (Å²) in [4.78, 5) is 0. The predicted octanol–water partition coefficient (Wildman–Crippen LogP) is 0.902. The van der Waals surface area contributed by atoms with Gasteiger partial charge in [0.2, 0.25) is 0 Å². The maximum atomic E-state index is 5.39. The SMILES string of the molecule is NC(=S)[S][Ga]([S]C(N)=S)[S]C(N)=S. The van der Waals surface area contributed by atoms with Gasteiger partial charge in [-0.25, -0.2) is 0 Å². The minimum atomic E-state index is -1.93. The zero-order valence-corrected chi connectivity index (χ0v) is 13.6. The minimum absolute atomic E-state index is 0.400. The van der Waals surface area contributed by atoms with E-state index in [1.807, 2.05) is 0 Å². The molecule has 0 saturated carbocycles. The summed E-state index contributed by atoms with van der Waals surface area (Å²) in [5, 5.41) is 0. The summed E-state index contributed by atoms with van der Waals surface area (Å²) in [5.74, 6) is 0. The molecule has 0 aliphatic carbocycles. The number of rotatable bonds is 3. The normalized spacial score (nSPS) is 9.23. The van der Waals surface area contributed by atoms with E-state index in [1.54, 1.807) is 0 Å². The molecule has 0 aromatic carbocycles. The maximum absolute atomic E-state index is 5.39. The molecule has 13 heavy (non-hydrogen) atoms. The molecule has 0 unspecified atom stereocenters. The fourth-order valence-electron chi connectivity index (χ4n) is 0.357. The van der Waals surface area contributed by atoms with Crippen molar-refractivity contribution < 1.29 is 0 Å². The summed E-state index contributed by atoms with van der Waals surface area (Å²) in [7, 11) is 4.33. The van der Waals surface area contributed by atoms with Crippen molar-refractivity contribution in [2.24, 2.45) is 17.2 Å². The average molecular weight is 346 g/mol. The van der Waals surface area contributed by atoms with E-state index in [4.69, 9.17) is 53.9 Å². The topological polar surface area (TPSA) is 78.1 Å². The van der Waals surface area contributed by atoms with E-state index in [9.17, 15) is 0 Å². The summed E-state index contributed by atoms with van der Waals surface area (Å²) in [5.41, 5.74) is 16.2. The first kappa shape index (κ1) is 14.4. The molecule has 0 amide bonds. The van der Waals surface area contributed by atoms with E-state index in [-0.39, 0.29) is 0 Å². The second kappa shape index (κ2) is 7.62. The van der Waals surface area contributed by atoms with Gasteiger partial charge in [0.25, 0.3) is 0 Å². The second-order valence-corrected chi connectivity index (χ2v) is 23.4. The molecule has 3 nitrogen and oxygen atoms in total. The molecule has 0 heterocycles. The molecule has 0 fully saturated rings. The van der Waals surface area contributed by atoms with Gasteiger partial charge in [0.15, 0.2) is 0 Å². The third-order valence-electron chi connectivity index (χ3n) is 0.637. The van der Waals surface area contributed by atoms with Crippen molar-refractivity contribution in [2.75, 3.05) is 0 Å².